The van der Waals surface area contributed by atoms with Gasteiger partial charge in [-0.3, -0.25) is 4.79 Å². The highest BCUT2D eigenvalue weighted by Crippen LogP contribution is 2.40. The van der Waals surface area contributed by atoms with Crippen LogP contribution in [0.1, 0.15) is 27.0 Å². The van der Waals surface area contributed by atoms with E-state index in [9.17, 15) is 44.3 Å². The van der Waals surface area contributed by atoms with Crippen molar-refractivity contribution in [3.8, 4) is 17.2 Å². The van der Waals surface area contributed by atoms with Gasteiger partial charge in [-0.1, -0.05) is 60.7 Å². The fraction of sp³-hybridized carbons (Fsp3) is 0.194. The topological polar surface area (TPSA) is 56.8 Å². The van der Waals surface area contributed by atoms with E-state index >= 15 is 0 Å². The zero-order valence-electron chi connectivity index (χ0n) is 22.8. The Bertz CT molecular complexity index is 1540. The second kappa shape index (κ2) is 13.0. The molecular formula is C31H22F9NO4. The lowest BCUT2D eigenvalue weighted by molar-refractivity contribution is -0.275. The lowest BCUT2D eigenvalue weighted by Crippen LogP contribution is -2.43. The zero-order chi connectivity index (χ0) is 32.9. The number of amides is 1. The summed E-state index contributed by atoms with van der Waals surface area (Å²) < 4.78 is 129. The van der Waals surface area contributed by atoms with Crippen molar-refractivity contribution in [3.63, 3.8) is 0 Å². The molecule has 1 N–H and O–H groups in total. The van der Waals surface area contributed by atoms with Gasteiger partial charge in [0, 0.05) is 17.5 Å². The number of carbonyl (C=O) groups excluding carboxylic acids is 1. The third-order valence-corrected chi connectivity index (χ3v) is 6.47. The molecule has 0 aliphatic heterocycles. The molecule has 0 aliphatic rings. The SMILES string of the molecule is O=C(NCC(Cc1ccccc1)(c1cccc(OC(F)(F)F)c1)c1cccc(OC(F)(F)F)c1)c1cccc(OC(F)(F)F)c1. The standard InChI is InChI=1S/C31H22F9NO4/c32-29(33,34)43-24-12-4-9-21(15-24)27(42)41-19-28(18-20-7-2-1-3-8-20,22-10-5-13-25(16-22)44-30(35,36)37)23-11-6-14-26(17-23)45-31(38,39)40/h1-17H,18-19H2,(H,41,42). The number of rotatable bonds is 10. The van der Waals surface area contributed by atoms with Gasteiger partial charge in [-0.25, -0.2) is 0 Å². The van der Waals surface area contributed by atoms with Crippen molar-refractivity contribution in [3.05, 3.63) is 125 Å². The molecule has 0 aliphatic carbocycles. The highest BCUT2D eigenvalue weighted by atomic mass is 19.4. The van der Waals surface area contributed by atoms with E-state index in [-0.39, 0.29) is 23.1 Å². The monoisotopic (exact) mass is 643 g/mol. The molecule has 0 radical (unpaired) electrons. The molecule has 1 amide bonds. The maximum absolute atomic E-state index is 13.2. The van der Waals surface area contributed by atoms with Gasteiger partial charge in [0.2, 0.25) is 0 Å². The van der Waals surface area contributed by atoms with Crippen LogP contribution in [0.3, 0.4) is 0 Å². The molecule has 0 unspecified atom stereocenters. The van der Waals surface area contributed by atoms with E-state index in [4.69, 9.17) is 0 Å². The van der Waals surface area contributed by atoms with Crippen LogP contribution < -0.4 is 19.5 Å². The van der Waals surface area contributed by atoms with Crippen molar-refractivity contribution in [1.82, 2.24) is 5.32 Å². The molecule has 4 aromatic rings. The Morgan fingerprint density at radius 3 is 1.47 bits per heavy atom. The average Bonchev–Trinajstić information content (AvgIpc) is 2.93. The number of alkyl halides is 9. The van der Waals surface area contributed by atoms with Gasteiger partial charge in [-0.05, 0) is 65.6 Å². The molecule has 0 aromatic heterocycles. The first-order valence-corrected chi connectivity index (χ1v) is 12.9. The summed E-state index contributed by atoms with van der Waals surface area (Å²) in [6.07, 6.45) is -15.2. The Morgan fingerprint density at radius 2 is 1.00 bits per heavy atom. The van der Waals surface area contributed by atoms with Crippen molar-refractivity contribution in [2.45, 2.75) is 30.9 Å². The van der Waals surface area contributed by atoms with Gasteiger partial charge in [-0.2, -0.15) is 0 Å². The zero-order valence-corrected chi connectivity index (χ0v) is 22.8. The molecule has 0 fully saturated rings. The van der Waals surface area contributed by atoms with Crippen LogP contribution >= 0.6 is 0 Å². The minimum Gasteiger partial charge on any atom is -0.406 e. The summed E-state index contributed by atoms with van der Waals surface area (Å²) >= 11 is 0. The van der Waals surface area contributed by atoms with Crippen molar-refractivity contribution in [1.29, 1.82) is 0 Å². The predicted molar refractivity (Wildman–Crippen MR) is 143 cm³/mol. The van der Waals surface area contributed by atoms with Crippen LogP contribution in [0.15, 0.2) is 103 Å². The van der Waals surface area contributed by atoms with Crippen LogP contribution in [0.2, 0.25) is 0 Å². The van der Waals surface area contributed by atoms with E-state index < -0.39 is 54.2 Å². The summed E-state index contributed by atoms with van der Waals surface area (Å²) in [5.74, 6) is -2.85. The van der Waals surface area contributed by atoms with E-state index in [0.29, 0.717) is 5.56 Å². The number of nitrogens with one attached hydrogen (secondary N) is 1. The van der Waals surface area contributed by atoms with E-state index in [2.05, 4.69) is 19.5 Å². The molecule has 14 heteroatoms. The van der Waals surface area contributed by atoms with E-state index in [1.807, 2.05) is 0 Å². The van der Waals surface area contributed by atoms with Crippen molar-refractivity contribution in [2.75, 3.05) is 6.54 Å². The van der Waals surface area contributed by atoms with Gasteiger partial charge >= 0.3 is 19.1 Å². The van der Waals surface area contributed by atoms with Gasteiger partial charge < -0.3 is 19.5 Å². The number of hydrogen-bond donors (Lipinski definition) is 1. The Labute approximate surface area is 250 Å². The summed E-state index contributed by atoms with van der Waals surface area (Å²) in [7, 11) is 0. The summed E-state index contributed by atoms with van der Waals surface area (Å²) in [6, 6.07) is 21.9. The number of halogens is 9. The number of benzene rings is 4. The first kappa shape index (κ1) is 33.0. The second-order valence-electron chi connectivity index (χ2n) is 9.65. The fourth-order valence-corrected chi connectivity index (χ4v) is 4.73. The number of carbonyl (C=O) groups is 1. The van der Waals surface area contributed by atoms with E-state index in [0.717, 1.165) is 42.5 Å². The molecule has 238 valence electrons. The summed E-state index contributed by atoms with van der Waals surface area (Å²) in [5.41, 5.74) is -1.05. The number of ether oxygens (including phenoxy) is 3. The quantitative estimate of drug-likeness (QED) is 0.177. The van der Waals surface area contributed by atoms with Gasteiger partial charge in [0.25, 0.3) is 5.91 Å². The highest BCUT2D eigenvalue weighted by Gasteiger charge is 2.39. The summed E-state index contributed by atoms with van der Waals surface area (Å²) in [6.45, 7) is -0.448. The molecule has 4 rings (SSSR count). The molecule has 0 saturated carbocycles. The van der Waals surface area contributed by atoms with Crippen LogP contribution in [-0.4, -0.2) is 31.5 Å². The first-order chi connectivity index (χ1) is 21.0. The van der Waals surface area contributed by atoms with Crippen LogP contribution in [0.5, 0.6) is 17.2 Å². The van der Waals surface area contributed by atoms with E-state index in [1.54, 1.807) is 30.3 Å². The van der Waals surface area contributed by atoms with Crippen LogP contribution in [-0.2, 0) is 11.8 Å². The van der Waals surface area contributed by atoms with Crippen LogP contribution in [0.4, 0.5) is 39.5 Å². The normalized spacial score (nSPS) is 12.4. The largest absolute Gasteiger partial charge is 0.573 e. The van der Waals surface area contributed by atoms with Gasteiger partial charge in [0.05, 0.1) is 0 Å². The smallest absolute Gasteiger partial charge is 0.406 e. The highest BCUT2D eigenvalue weighted by molar-refractivity contribution is 5.94. The molecule has 0 saturated heterocycles. The second-order valence-corrected chi connectivity index (χ2v) is 9.65. The molecule has 0 spiro atoms. The van der Waals surface area contributed by atoms with Gasteiger partial charge in [-0.15, -0.1) is 39.5 Å². The molecule has 0 bridgehead atoms. The fourth-order valence-electron chi connectivity index (χ4n) is 4.73. The van der Waals surface area contributed by atoms with Gasteiger partial charge in [0.15, 0.2) is 0 Å². The van der Waals surface area contributed by atoms with Crippen molar-refractivity contribution >= 4 is 5.91 Å². The predicted octanol–water partition coefficient (Wildman–Crippen LogP) is 8.34. The van der Waals surface area contributed by atoms with Gasteiger partial charge in [0.1, 0.15) is 17.2 Å². The third kappa shape index (κ3) is 9.55. The first-order valence-electron chi connectivity index (χ1n) is 12.9. The van der Waals surface area contributed by atoms with Crippen LogP contribution in [0, 0.1) is 0 Å². The lowest BCUT2D eigenvalue weighted by atomic mass is 9.70. The average molecular weight is 644 g/mol. The van der Waals surface area contributed by atoms with Crippen LogP contribution in [0.25, 0.3) is 0 Å². The molecule has 5 nitrogen and oxygen atoms in total. The maximum atomic E-state index is 13.2. The molecular weight excluding hydrogens is 621 g/mol. The van der Waals surface area contributed by atoms with E-state index in [1.165, 1.54) is 30.3 Å². The summed E-state index contributed by atoms with van der Waals surface area (Å²) in [4.78, 5) is 13.2. The molecule has 45 heavy (non-hydrogen) atoms. The molecule has 4 aromatic carbocycles. The molecule has 0 atom stereocenters. The van der Waals surface area contributed by atoms with Crippen molar-refractivity contribution < 1.29 is 58.5 Å². The Morgan fingerprint density at radius 1 is 0.556 bits per heavy atom. The minimum absolute atomic E-state index is 0.0731. The Balaban J connectivity index is 1.84. The lowest BCUT2D eigenvalue weighted by Gasteiger charge is -2.36. The number of hydrogen-bond acceptors (Lipinski definition) is 4. The molecule has 0 heterocycles. The Hall–Kier alpha value is -4.88. The van der Waals surface area contributed by atoms with Crippen molar-refractivity contribution in [2.24, 2.45) is 0 Å². The third-order valence-electron chi connectivity index (χ3n) is 6.47. The maximum Gasteiger partial charge on any atom is 0.573 e. The minimum atomic E-state index is -5.07. The summed E-state index contributed by atoms with van der Waals surface area (Å²) in [5, 5.41) is 2.58. The Kier molecular flexibility index (Phi) is 9.54.